The van der Waals surface area contributed by atoms with Gasteiger partial charge in [0.1, 0.15) is 0 Å². The SMILES string of the molecule is CNC(CCCc1ccccc1)c1c(OC)cnn1C. The van der Waals surface area contributed by atoms with E-state index >= 15 is 0 Å². The summed E-state index contributed by atoms with van der Waals surface area (Å²) in [4.78, 5) is 0. The Morgan fingerprint density at radius 2 is 2.05 bits per heavy atom. The van der Waals surface area contributed by atoms with Crippen LogP contribution >= 0.6 is 0 Å². The first kappa shape index (κ1) is 14.6. The van der Waals surface area contributed by atoms with E-state index < -0.39 is 0 Å². The highest BCUT2D eigenvalue weighted by Crippen LogP contribution is 2.27. The molecule has 1 atom stereocenters. The monoisotopic (exact) mass is 273 g/mol. The summed E-state index contributed by atoms with van der Waals surface area (Å²) in [5.74, 6) is 0.853. The molecule has 1 aromatic carbocycles. The molecule has 0 saturated heterocycles. The second-order valence-corrected chi connectivity index (χ2v) is 4.94. The highest BCUT2D eigenvalue weighted by atomic mass is 16.5. The summed E-state index contributed by atoms with van der Waals surface area (Å²) in [7, 11) is 5.64. The molecule has 0 spiro atoms. The average Bonchev–Trinajstić information content (AvgIpc) is 2.86. The van der Waals surface area contributed by atoms with E-state index in [2.05, 4.69) is 40.7 Å². The molecule has 0 aliphatic rings. The summed E-state index contributed by atoms with van der Waals surface area (Å²) in [6, 6.07) is 10.9. The summed E-state index contributed by atoms with van der Waals surface area (Å²) in [6.07, 6.45) is 5.06. The summed E-state index contributed by atoms with van der Waals surface area (Å²) in [5, 5.41) is 7.64. The molecule has 0 radical (unpaired) electrons. The van der Waals surface area contributed by atoms with Gasteiger partial charge >= 0.3 is 0 Å². The highest BCUT2D eigenvalue weighted by Gasteiger charge is 2.18. The Kier molecular flexibility index (Phi) is 5.18. The van der Waals surface area contributed by atoms with Crippen molar-refractivity contribution in [3.05, 3.63) is 47.8 Å². The van der Waals surface area contributed by atoms with E-state index in [1.165, 1.54) is 5.56 Å². The van der Waals surface area contributed by atoms with Crippen molar-refractivity contribution in [2.24, 2.45) is 7.05 Å². The molecule has 2 rings (SSSR count). The number of benzene rings is 1. The van der Waals surface area contributed by atoms with E-state index in [-0.39, 0.29) is 6.04 Å². The number of nitrogens with one attached hydrogen (secondary N) is 1. The standard InChI is InChI=1S/C16H23N3O/c1-17-14(16-15(20-3)12-18-19(16)2)11-7-10-13-8-5-4-6-9-13/h4-6,8-9,12,14,17H,7,10-11H2,1-3H3. The molecule has 20 heavy (non-hydrogen) atoms. The van der Waals surface area contributed by atoms with Gasteiger partial charge in [-0.25, -0.2) is 0 Å². The van der Waals surface area contributed by atoms with E-state index in [1.54, 1.807) is 13.3 Å². The van der Waals surface area contributed by atoms with Crippen molar-refractivity contribution in [3.63, 3.8) is 0 Å². The number of rotatable bonds is 7. The normalized spacial score (nSPS) is 12.3. The molecule has 0 saturated carbocycles. The fourth-order valence-electron chi connectivity index (χ4n) is 2.55. The molecule has 0 amide bonds. The molecule has 0 bridgehead atoms. The lowest BCUT2D eigenvalue weighted by Gasteiger charge is -2.18. The number of methoxy groups -OCH3 is 1. The second kappa shape index (κ2) is 7.10. The molecule has 1 N–H and O–H groups in total. The van der Waals surface area contributed by atoms with Gasteiger partial charge < -0.3 is 10.1 Å². The van der Waals surface area contributed by atoms with Gasteiger partial charge in [0.15, 0.2) is 5.75 Å². The third-order valence-electron chi connectivity index (χ3n) is 3.65. The number of ether oxygens (including phenoxy) is 1. The number of hydrogen-bond acceptors (Lipinski definition) is 3. The Morgan fingerprint density at radius 3 is 2.70 bits per heavy atom. The first-order valence-electron chi connectivity index (χ1n) is 7.03. The topological polar surface area (TPSA) is 39.1 Å². The lowest BCUT2D eigenvalue weighted by molar-refractivity contribution is 0.392. The van der Waals surface area contributed by atoms with E-state index in [0.717, 1.165) is 30.7 Å². The van der Waals surface area contributed by atoms with Gasteiger partial charge in [-0.05, 0) is 31.9 Å². The zero-order chi connectivity index (χ0) is 14.4. The van der Waals surface area contributed by atoms with Crippen molar-refractivity contribution in [2.45, 2.75) is 25.3 Å². The Hall–Kier alpha value is -1.81. The van der Waals surface area contributed by atoms with Crippen LogP contribution in [0.3, 0.4) is 0 Å². The van der Waals surface area contributed by atoms with Gasteiger partial charge in [-0.15, -0.1) is 0 Å². The minimum atomic E-state index is 0.265. The maximum absolute atomic E-state index is 5.39. The first-order valence-corrected chi connectivity index (χ1v) is 7.03. The predicted octanol–water partition coefficient (Wildman–Crippen LogP) is 2.71. The molecule has 4 nitrogen and oxygen atoms in total. The fourth-order valence-corrected chi connectivity index (χ4v) is 2.55. The minimum Gasteiger partial charge on any atom is -0.493 e. The number of nitrogens with zero attached hydrogens (tertiary/aromatic N) is 2. The van der Waals surface area contributed by atoms with Crippen LogP contribution in [0.2, 0.25) is 0 Å². The van der Waals surface area contributed by atoms with Crippen LogP contribution in [0.1, 0.15) is 30.1 Å². The van der Waals surface area contributed by atoms with Crippen LogP contribution in [0.4, 0.5) is 0 Å². The third-order valence-corrected chi connectivity index (χ3v) is 3.65. The highest BCUT2D eigenvalue weighted by molar-refractivity contribution is 5.28. The van der Waals surface area contributed by atoms with Gasteiger partial charge in [-0.2, -0.15) is 5.10 Å². The van der Waals surface area contributed by atoms with Crippen molar-refractivity contribution in [1.29, 1.82) is 0 Å². The quantitative estimate of drug-likeness (QED) is 0.843. The Morgan fingerprint density at radius 1 is 1.30 bits per heavy atom. The van der Waals surface area contributed by atoms with Crippen LogP contribution in [0, 0.1) is 0 Å². The van der Waals surface area contributed by atoms with Gasteiger partial charge in [0, 0.05) is 7.05 Å². The van der Waals surface area contributed by atoms with E-state index in [1.807, 2.05) is 18.8 Å². The Bertz CT molecular complexity index is 522. The molecule has 4 heteroatoms. The number of aryl methyl sites for hydroxylation is 2. The molecule has 0 aliphatic carbocycles. The van der Waals surface area contributed by atoms with Crippen molar-refractivity contribution in [3.8, 4) is 5.75 Å². The van der Waals surface area contributed by atoms with Crippen molar-refractivity contribution in [2.75, 3.05) is 14.2 Å². The van der Waals surface area contributed by atoms with Gasteiger partial charge in [0.2, 0.25) is 0 Å². The van der Waals surface area contributed by atoms with Crippen molar-refractivity contribution >= 4 is 0 Å². The lowest BCUT2D eigenvalue weighted by atomic mass is 10.0. The molecular formula is C16H23N3O. The van der Waals surface area contributed by atoms with E-state index in [4.69, 9.17) is 4.74 Å². The summed E-state index contributed by atoms with van der Waals surface area (Å²) < 4.78 is 7.28. The first-order chi connectivity index (χ1) is 9.76. The maximum Gasteiger partial charge on any atom is 0.161 e. The van der Waals surface area contributed by atoms with E-state index in [0.29, 0.717) is 0 Å². The third kappa shape index (κ3) is 3.39. The van der Waals surface area contributed by atoms with Crippen molar-refractivity contribution < 1.29 is 4.74 Å². The molecular weight excluding hydrogens is 250 g/mol. The smallest absolute Gasteiger partial charge is 0.161 e. The maximum atomic E-state index is 5.39. The Labute approximate surface area is 120 Å². The zero-order valence-corrected chi connectivity index (χ0v) is 12.5. The largest absolute Gasteiger partial charge is 0.493 e. The summed E-state index contributed by atoms with van der Waals surface area (Å²) in [6.45, 7) is 0. The number of aromatic nitrogens is 2. The predicted molar refractivity (Wildman–Crippen MR) is 80.9 cm³/mol. The second-order valence-electron chi connectivity index (χ2n) is 4.94. The van der Waals surface area contributed by atoms with Crippen LogP contribution < -0.4 is 10.1 Å². The average molecular weight is 273 g/mol. The van der Waals surface area contributed by atoms with Crippen LogP contribution in [0.5, 0.6) is 5.75 Å². The van der Waals surface area contributed by atoms with Gasteiger partial charge in [0.05, 0.1) is 25.0 Å². The summed E-state index contributed by atoms with van der Waals surface area (Å²) >= 11 is 0. The molecule has 108 valence electrons. The molecule has 2 aromatic rings. The zero-order valence-electron chi connectivity index (χ0n) is 12.5. The minimum absolute atomic E-state index is 0.265. The van der Waals surface area contributed by atoms with Crippen LogP contribution in [0.15, 0.2) is 36.5 Å². The fraction of sp³-hybridized carbons (Fsp3) is 0.438. The van der Waals surface area contributed by atoms with Crippen LogP contribution in [-0.2, 0) is 13.5 Å². The van der Waals surface area contributed by atoms with Crippen LogP contribution in [-0.4, -0.2) is 23.9 Å². The van der Waals surface area contributed by atoms with Crippen molar-refractivity contribution in [1.82, 2.24) is 15.1 Å². The Balaban J connectivity index is 1.97. The number of hydrogen-bond donors (Lipinski definition) is 1. The van der Waals surface area contributed by atoms with E-state index in [9.17, 15) is 0 Å². The van der Waals surface area contributed by atoms with Gasteiger partial charge in [-0.3, -0.25) is 4.68 Å². The summed E-state index contributed by atoms with van der Waals surface area (Å²) in [5.41, 5.74) is 2.50. The van der Waals surface area contributed by atoms with Crippen LogP contribution in [0.25, 0.3) is 0 Å². The lowest BCUT2D eigenvalue weighted by Crippen LogP contribution is -2.20. The molecule has 0 aliphatic heterocycles. The van der Waals surface area contributed by atoms with Gasteiger partial charge in [-0.1, -0.05) is 30.3 Å². The molecule has 1 unspecified atom stereocenters. The molecule has 1 heterocycles. The van der Waals surface area contributed by atoms with Gasteiger partial charge in [0.25, 0.3) is 0 Å². The molecule has 0 fully saturated rings. The molecule has 1 aromatic heterocycles.